The number of rotatable bonds is 8. The number of hydrogen-bond donors (Lipinski definition) is 1. The molecule has 0 aromatic heterocycles. The molecule has 0 bridgehead atoms. The van der Waals surface area contributed by atoms with E-state index in [1.807, 2.05) is 54.6 Å². The van der Waals surface area contributed by atoms with E-state index in [2.05, 4.69) is 0 Å². The summed E-state index contributed by atoms with van der Waals surface area (Å²) < 4.78 is 0. The van der Waals surface area contributed by atoms with Crippen LogP contribution in [-0.2, 0) is 16.0 Å². The van der Waals surface area contributed by atoms with Crippen molar-refractivity contribution in [3.05, 3.63) is 65.7 Å². The Hall–Kier alpha value is -2.66. The van der Waals surface area contributed by atoms with Crippen LogP contribution in [0.5, 0.6) is 0 Å². The largest absolute Gasteiger partial charge is 0.388 e. The molecule has 1 heterocycles. The van der Waals surface area contributed by atoms with E-state index < -0.39 is 6.10 Å². The Morgan fingerprint density at radius 2 is 1.61 bits per heavy atom. The molecule has 1 aliphatic carbocycles. The Morgan fingerprint density at radius 3 is 2.32 bits per heavy atom. The second kappa shape index (κ2) is 10.1. The summed E-state index contributed by atoms with van der Waals surface area (Å²) in [5, 5.41) is 13.7. The van der Waals surface area contributed by atoms with Crippen molar-refractivity contribution in [3.8, 4) is 0 Å². The van der Waals surface area contributed by atoms with Gasteiger partial charge in [-0.2, -0.15) is 0 Å². The van der Waals surface area contributed by atoms with Crippen LogP contribution < -0.4 is 5.01 Å². The number of aliphatic hydroxyl groups excluding tert-OH is 1. The van der Waals surface area contributed by atoms with Gasteiger partial charge < -0.3 is 5.11 Å². The molecule has 1 unspecified atom stereocenters. The Labute approximate surface area is 184 Å². The van der Waals surface area contributed by atoms with Gasteiger partial charge in [-0.05, 0) is 48.4 Å². The molecule has 4 rings (SSSR count). The van der Waals surface area contributed by atoms with Gasteiger partial charge in [-0.3, -0.25) is 9.59 Å². The molecule has 0 radical (unpaired) electrons. The lowest BCUT2D eigenvalue weighted by atomic mass is 9.85. The van der Waals surface area contributed by atoms with Crippen molar-refractivity contribution in [1.82, 2.24) is 5.01 Å². The first-order valence-corrected chi connectivity index (χ1v) is 11.6. The Balaban J connectivity index is 1.38. The van der Waals surface area contributed by atoms with Crippen LogP contribution in [0.1, 0.15) is 68.6 Å². The van der Waals surface area contributed by atoms with Crippen molar-refractivity contribution < 1.29 is 14.7 Å². The van der Waals surface area contributed by atoms with E-state index in [-0.39, 0.29) is 18.2 Å². The third-order valence-electron chi connectivity index (χ3n) is 6.62. The Morgan fingerprint density at radius 1 is 0.903 bits per heavy atom. The van der Waals surface area contributed by atoms with Gasteiger partial charge >= 0.3 is 0 Å². The molecule has 0 spiro atoms. The fourth-order valence-electron chi connectivity index (χ4n) is 4.80. The Bertz CT molecular complexity index is 875. The second-order valence-electron chi connectivity index (χ2n) is 8.82. The van der Waals surface area contributed by atoms with Gasteiger partial charge in [0.2, 0.25) is 0 Å². The van der Waals surface area contributed by atoms with E-state index in [1.54, 1.807) is 5.01 Å². The van der Waals surface area contributed by atoms with E-state index in [9.17, 15) is 14.7 Å². The molecule has 2 fully saturated rings. The molecule has 31 heavy (non-hydrogen) atoms. The molecule has 1 aliphatic heterocycles. The van der Waals surface area contributed by atoms with Gasteiger partial charge in [0.1, 0.15) is 6.42 Å². The van der Waals surface area contributed by atoms with Crippen molar-refractivity contribution in [3.63, 3.8) is 0 Å². The number of amides is 2. The van der Waals surface area contributed by atoms with E-state index in [4.69, 9.17) is 0 Å². The van der Waals surface area contributed by atoms with Gasteiger partial charge in [-0.25, -0.2) is 10.0 Å². The van der Waals surface area contributed by atoms with Crippen LogP contribution in [-0.4, -0.2) is 28.5 Å². The lowest BCUT2D eigenvalue weighted by Crippen LogP contribution is -2.42. The minimum atomic E-state index is -0.485. The molecule has 5 heteroatoms. The molecule has 1 N–H and O–H groups in total. The third-order valence-corrected chi connectivity index (χ3v) is 6.62. The summed E-state index contributed by atoms with van der Waals surface area (Å²) in [4.78, 5) is 24.9. The van der Waals surface area contributed by atoms with Crippen LogP contribution in [0.15, 0.2) is 54.6 Å². The smallest absolute Gasteiger partial charge is 0.255 e. The summed E-state index contributed by atoms with van der Waals surface area (Å²) in [5.74, 6) is 0.371. The first-order chi connectivity index (χ1) is 15.1. The fourth-order valence-corrected chi connectivity index (χ4v) is 4.80. The molecule has 1 atom stereocenters. The monoisotopic (exact) mass is 420 g/mol. The zero-order valence-corrected chi connectivity index (χ0v) is 18.1. The first-order valence-electron chi connectivity index (χ1n) is 11.6. The lowest BCUT2D eigenvalue weighted by molar-refractivity contribution is -0.128. The lowest BCUT2D eigenvalue weighted by Gasteiger charge is -2.28. The van der Waals surface area contributed by atoms with Crippen LogP contribution in [0, 0.1) is 5.92 Å². The number of anilines is 1. The molecule has 2 aliphatic rings. The number of carbonyl (C=O) groups excluding carboxylic acids is 2. The summed E-state index contributed by atoms with van der Waals surface area (Å²) in [7, 11) is 0. The fraction of sp³-hybridized carbons (Fsp3) is 0.462. The molecule has 5 nitrogen and oxygen atoms in total. The molecule has 164 valence electrons. The molecule has 1 saturated carbocycles. The summed E-state index contributed by atoms with van der Waals surface area (Å²) in [5.41, 5.74) is 2.67. The van der Waals surface area contributed by atoms with Crippen LogP contribution in [0.3, 0.4) is 0 Å². The minimum Gasteiger partial charge on any atom is -0.388 e. The molecular weight excluding hydrogens is 388 g/mol. The van der Waals surface area contributed by atoms with E-state index in [0.29, 0.717) is 18.7 Å². The highest BCUT2D eigenvalue weighted by Crippen LogP contribution is 2.31. The summed E-state index contributed by atoms with van der Waals surface area (Å²) >= 11 is 0. The highest BCUT2D eigenvalue weighted by Gasteiger charge is 2.36. The highest BCUT2D eigenvalue weighted by atomic mass is 16.3. The number of hydrogen-bond acceptors (Lipinski definition) is 3. The number of hydrazine groups is 1. The van der Waals surface area contributed by atoms with Gasteiger partial charge in [0.25, 0.3) is 11.8 Å². The first kappa shape index (κ1) is 21.6. The van der Waals surface area contributed by atoms with E-state index in [0.717, 1.165) is 29.9 Å². The molecule has 2 aromatic carbocycles. The molecule has 1 saturated heterocycles. The minimum absolute atomic E-state index is 0.0967. The maximum absolute atomic E-state index is 12.5. The van der Waals surface area contributed by atoms with Crippen molar-refractivity contribution in [2.24, 2.45) is 5.92 Å². The van der Waals surface area contributed by atoms with Crippen LogP contribution in [0.25, 0.3) is 0 Å². The van der Waals surface area contributed by atoms with Gasteiger partial charge in [0.15, 0.2) is 0 Å². The number of benzene rings is 2. The zero-order chi connectivity index (χ0) is 21.6. The van der Waals surface area contributed by atoms with Crippen LogP contribution in [0.4, 0.5) is 5.69 Å². The average Bonchev–Trinajstić information content (AvgIpc) is 3.10. The van der Waals surface area contributed by atoms with Crippen LogP contribution >= 0.6 is 0 Å². The third kappa shape index (κ3) is 5.34. The van der Waals surface area contributed by atoms with Gasteiger partial charge in [0.05, 0.1) is 11.8 Å². The second-order valence-corrected chi connectivity index (χ2v) is 8.82. The number of carbonyl (C=O) groups is 2. The summed E-state index contributed by atoms with van der Waals surface area (Å²) in [6, 6.07) is 17.4. The standard InChI is InChI=1S/C26H32N2O3/c29-24(16-11-20-7-3-1-4-8-20)22-12-14-23(15-13-22)28-26(31)19-25(30)27(28)18-17-21-9-5-2-6-10-21/h2,5-6,9-10,12-15,20,24,29H,1,3-4,7-8,11,16-19H2. The molecular formula is C26H32N2O3. The highest BCUT2D eigenvalue weighted by molar-refractivity contribution is 6.11. The molecule has 2 amide bonds. The van der Waals surface area contributed by atoms with E-state index in [1.165, 1.54) is 37.1 Å². The average molecular weight is 421 g/mol. The predicted octanol–water partition coefficient (Wildman–Crippen LogP) is 4.80. The number of nitrogens with zero attached hydrogens (tertiary/aromatic N) is 2. The number of aliphatic hydroxyl groups is 1. The Kier molecular flexibility index (Phi) is 7.03. The van der Waals surface area contributed by atoms with Crippen molar-refractivity contribution in [1.29, 1.82) is 0 Å². The van der Waals surface area contributed by atoms with Crippen LogP contribution in [0.2, 0.25) is 0 Å². The predicted molar refractivity (Wildman–Crippen MR) is 121 cm³/mol. The maximum Gasteiger partial charge on any atom is 0.255 e. The van der Waals surface area contributed by atoms with Crippen molar-refractivity contribution >= 4 is 17.5 Å². The van der Waals surface area contributed by atoms with Gasteiger partial charge in [-0.1, -0.05) is 74.6 Å². The van der Waals surface area contributed by atoms with Gasteiger partial charge in [0, 0.05) is 6.54 Å². The SMILES string of the molecule is O=C1CC(=O)N(c2ccc(C(O)CCC3CCCCC3)cc2)N1CCc1ccccc1. The topological polar surface area (TPSA) is 60.9 Å². The quantitative estimate of drug-likeness (QED) is 0.624. The normalized spacial score (nSPS) is 18.6. The zero-order valence-electron chi connectivity index (χ0n) is 18.1. The maximum atomic E-state index is 12.5. The van der Waals surface area contributed by atoms with Gasteiger partial charge in [-0.15, -0.1) is 0 Å². The van der Waals surface area contributed by atoms with Crippen molar-refractivity contribution in [2.45, 2.75) is 63.9 Å². The molecule has 2 aromatic rings. The summed E-state index contributed by atoms with van der Waals surface area (Å²) in [6.07, 6.45) is 8.50. The summed E-state index contributed by atoms with van der Waals surface area (Å²) in [6.45, 7) is 0.459. The van der Waals surface area contributed by atoms with E-state index >= 15 is 0 Å². The van der Waals surface area contributed by atoms with Crippen molar-refractivity contribution in [2.75, 3.05) is 11.6 Å².